The van der Waals surface area contributed by atoms with Crippen molar-refractivity contribution in [1.82, 2.24) is 9.80 Å². The van der Waals surface area contributed by atoms with E-state index >= 15 is 0 Å². The molecule has 1 aliphatic heterocycles. The van der Waals surface area contributed by atoms with Gasteiger partial charge in [-0.15, -0.1) is 0 Å². The van der Waals surface area contributed by atoms with E-state index in [0.717, 1.165) is 32.2 Å². The van der Waals surface area contributed by atoms with E-state index in [1.807, 2.05) is 18.5 Å². The first kappa shape index (κ1) is 14.2. The Kier molecular flexibility index (Phi) is 5.10. The molecule has 1 aliphatic rings. The second-order valence-corrected chi connectivity index (χ2v) is 5.91. The molecule has 0 aliphatic carbocycles. The summed E-state index contributed by atoms with van der Waals surface area (Å²) in [5.41, 5.74) is 1.18. The highest BCUT2D eigenvalue weighted by Crippen LogP contribution is 2.15. The summed E-state index contributed by atoms with van der Waals surface area (Å²) in [6.07, 6.45) is 2.80. The normalized spacial score (nSPS) is 17.3. The molecule has 0 saturated carbocycles. The van der Waals surface area contributed by atoms with E-state index in [2.05, 4.69) is 10.3 Å². The van der Waals surface area contributed by atoms with E-state index in [9.17, 15) is 9.59 Å². The van der Waals surface area contributed by atoms with Gasteiger partial charge in [0.2, 0.25) is 5.91 Å². The van der Waals surface area contributed by atoms with Crippen molar-refractivity contribution in [3.8, 4) is 0 Å². The van der Waals surface area contributed by atoms with Gasteiger partial charge in [0.15, 0.2) is 0 Å². The first-order valence-electron chi connectivity index (χ1n) is 6.61. The number of rotatable bonds is 5. The van der Waals surface area contributed by atoms with Crippen LogP contribution in [0.25, 0.3) is 0 Å². The van der Waals surface area contributed by atoms with Crippen LogP contribution in [-0.4, -0.2) is 48.7 Å². The van der Waals surface area contributed by atoms with Crippen LogP contribution in [0.5, 0.6) is 0 Å². The molecule has 0 atom stereocenters. The minimum absolute atomic E-state index is 0.149. The molecule has 0 bridgehead atoms. The zero-order valence-electron chi connectivity index (χ0n) is 11.2. The molecule has 4 nitrogen and oxygen atoms in total. The lowest BCUT2D eigenvalue weighted by molar-refractivity contribution is -0.132. The van der Waals surface area contributed by atoms with Gasteiger partial charge in [-0.1, -0.05) is 0 Å². The monoisotopic (exact) mass is 280 g/mol. The molecule has 2 heterocycles. The third-order valence-corrected chi connectivity index (χ3v) is 4.34. The van der Waals surface area contributed by atoms with E-state index < -0.39 is 0 Å². The quantitative estimate of drug-likeness (QED) is 0.770. The molecule has 5 heteroatoms. The number of aldehydes is 1. The van der Waals surface area contributed by atoms with Crippen LogP contribution in [0.2, 0.25) is 0 Å². The maximum Gasteiger partial charge on any atom is 0.236 e. The lowest BCUT2D eigenvalue weighted by atomic mass is 9.99. The minimum atomic E-state index is 0.149. The lowest BCUT2D eigenvalue weighted by Gasteiger charge is -2.30. The zero-order valence-corrected chi connectivity index (χ0v) is 12.1. The summed E-state index contributed by atoms with van der Waals surface area (Å²) in [7, 11) is 1.85. The number of hydrogen-bond acceptors (Lipinski definition) is 4. The largest absolute Gasteiger partial charge is 0.340 e. The number of amides is 1. The smallest absolute Gasteiger partial charge is 0.236 e. The van der Waals surface area contributed by atoms with Crippen molar-refractivity contribution in [2.45, 2.75) is 19.4 Å². The first-order valence-corrected chi connectivity index (χ1v) is 7.56. The second-order valence-electron chi connectivity index (χ2n) is 5.13. The van der Waals surface area contributed by atoms with E-state index in [4.69, 9.17) is 0 Å². The second kappa shape index (κ2) is 6.82. The average Bonchev–Trinajstić information content (AvgIpc) is 2.92. The Labute approximate surface area is 118 Å². The Bertz CT molecular complexity index is 411. The summed E-state index contributed by atoms with van der Waals surface area (Å²) in [5, 5.41) is 4.09. The van der Waals surface area contributed by atoms with Gasteiger partial charge < -0.3 is 9.69 Å². The molecule has 0 radical (unpaired) electrons. The van der Waals surface area contributed by atoms with Crippen LogP contribution in [-0.2, 0) is 16.1 Å². The Hall–Kier alpha value is -1.20. The highest BCUT2D eigenvalue weighted by molar-refractivity contribution is 7.07. The summed E-state index contributed by atoms with van der Waals surface area (Å²) in [4.78, 5) is 26.7. The number of carbonyl (C=O) groups excluding carboxylic acids is 2. The fourth-order valence-corrected chi connectivity index (χ4v) is 2.96. The average molecular weight is 280 g/mol. The minimum Gasteiger partial charge on any atom is -0.340 e. The Morgan fingerprint density at radius 2 is 2.26 bits per heavy atom. The van der Waals surface area contributed by atoms with Gasteiger partial charge in [0, 0.05) is 19.5 Å². The van der Waals surface area contributed by atoms with E-state index in [1.165, 1.54) is 5.56 Å². The highest BCUT2D eigenvalue weighted by Gasteiger charge is 2.21. The molecule has 1 fully saturated rings. The van der Waals surface area contributed by atoms with Gasteiger partial charge in [0.05, 0.1) is 6.54 Å². The number of likely N-dealkylation sites (tertiary alicyclic amines) is 1. The van der Waals surface area contributed by atoms with Crippen LogP contribution in [0.1, 0.15) is 18.4 Å². The van der Waals surface area contributed by atoms with E-state index in [1.54, 1.807) is 16.2 Å². The van der Waals surface area contributed by atoms with Crippen molar-refractivity contribution in [3.63, 3.8) is 0 Å². The number of carbonyl (C=O) groups is 2. The van der Waals surface area contributed by atoms with Gasteiger partial charge in [-0.2, -0.15) is 11.3 Å². The molecule has 1 saturated heterocycles. The Morgan fingerprint density at radius 1 is 1.53 bits per heavy atom. The molecular formula is C14H20N2O2S. The molecule has 1 aromatic rings. The van der Waals surface area contributed by atoms with Gasteiger partial charge in [-0.25, -0.2) is 0 Å². The van der Waals surface area contributed by atoms with E-state index in [-0.39, 0.29) is 11.8 Å². The third-order valence-electron chi connectivity index (χ3n) is 3.61. The van der Waals surface area contributed by atoms with Crippen molar-refractivity contribution in [2.24, 2.45) is 5.92 Å². The van der Waals surface area contributed by atoms with Gasteiger partial charge in [-0.3, -0.25) is 9.69 Å². The molecule has 0 unspecified atom stereocenters. The van der Waals surface area contributed by atoms with Crippen LogP contribution in [0.15, 0.2) is 16.8 Å². The molecule has 1 aromatic heterocycles. The van der Waals surface area contributed by atoms with Gasteiger partial charge in [-0.05, 0) is 48.3 Å². The van der Waals surface area contributed by atoms with Crippen LogP contribution in [0.3, 0.4) is 0 Å². The lowest BCUT2D eigenvalue weighted by Crippen LogP contribution is -2.42. The molecule has 19 heavy (non-hydrogen) atoms. The van der Waals surface area contributed by atoms with Crippen molar-refractivity contribution >= 4 is 23.5 Å². The van der Waals surface area contributed by atoms with Crippen LogP contribution in [0, 0.1) is 5.92 Å². The maximum absolute atomic E-state index is 12.1. The summed E-state index contributed by atoms with van der Waals surface area (Å²) in [6.45, 7) is 2.84. The first-order chi connectivity index (χ1) is 9.19. The van der Waals surface area contributed by atoms with Gasteiger partial charge in [0.1, 0.15) is 6.29 Å². The third kappa shape index (κ3) is 4.14. The fraction of sp³-hybridized carbons (Fsp3) is 0.571. The fourth-order valence-electron chi connectivity index (χ4n) is 2.30. The Morgan fingerprint density at radius 3 is 2.84 bits per heavy atom. The number of nitrogens with zero attached hydrogens (tertiary/aromatic N) is 2. The van der Waals surface area contributed by atoms with Crippen molar-refractivity contribution < 1.29 is 9.59 Å². The van der Waals surface area contributed by atoms with Crippen molar-refractivity contribution in [2.75, 3.05) is 26.7 Å². The molecule has 2 rings (SSSR count). The molecule has 104 valence electrons. The molecule has 0 aromatic carbocycles. The highest BCUT2D eigenvalue weighted by atomic mass is 32.1. The maximum atomic E-state index is 12.1. The van der Waals surface area contributed by atoms with Crippen LogP contribution < -0.4 is 0 Å². The van der Waals surface area contributed by atoms with Gasteiger partial charge in [0.25, 0.3) is 0 Å². The summed E-state index contributed by atoms with van der Waals surface area (Å²) in [6, 6.07) is 2.05. The van der Waals surface area contributed by atoms with Crippen molar-refractivity contribution in [1.29, 1.82) is 0 Å². The summed E-state index contributed by atoms with van der Waals surface area (Å²) in [5.74, 6) is 0.339. The number of hydrogen-bond donors (Lipinski definition) is 0. The number of thiophene rings is 1. The van der Waals surface area contributed by atoms with Crippen molar-refractivity contribution in [3.05, 3.63) is 22.4 Å². The number of likely N-dealkylation sites (N-methyl/N-ethyl adjacent to an activating group) is 1. The van der Waals surface area contributed by atoms with Crippen LogP contribution in [0.4, 0.5) is 0 Å². The predicted molar refractivity (Wildman–Crippen MR) is 76.0 cm³/mol. The topological polar surface area (TPSA) is 40.6 Å². The summed E-state index contributed by atoms with van der Waals surface area (Å²) < 4.78 is 0. The number of piperidine rings is 1. The zero-order chi connectivity index (χ0) is 13.7. The van der Waals surface area contributed by atoms with E-state index in [0.29, 0.717) is 13.1 Å². The van der Waals surface area contributed by atoms with Crippen LogP contribution >= 0.6 is 11.3 Å². The predicted octanol–water partition coefficient (Wildman–Crippen LogP) is 1.62. The standard InChI is InChI=1S/C14H20N2O2S/c1-15(8-13-4-7-19-11-13)14(18)9-16-5-2-12(10-17)3-6-16/h4,7,10-12H,2-3,5-6,8-9H2,1H3. The molecular weight excluding hydrogens is 260 g/mol. The molecule has 0 N–H and O–H groups in total. The SMILES string of the molecule is CN(Cc1ccsc1)C(=O)CN1CCC(C=O)CC1. The molecule has 1 amide bonds. The Balaban J connectivity index is 1.76. The van der Waals surface area contributed by atoms with Gasteiger partial charge >= 0.3 is 0 Å². The summed E-state index contributed by atoms with van der Waals surface area (Å²) >= 11 is 1.65. The molecule has 0 spiro atoms.